The summed E-state index contributed by atoms with van der Waals surface area (Å²) in [7, 11) is 0. The van der Waals surface area contributed by atoms with Crippen LogP contribution in [0.4, 0.5) is 0 Å². The van der Waals surface area contributed by atoms with Crippen molar-refractivity contribution in [1.29, 1.82) is 0 Å². The summed E-state index contributed by atoms with van der Waals surface area (Å²) in [5.41, 5.74) is 1.15. The molecule has 0 aromatic rings. The molecule has 4 rings (SSSR count). The molecule has 0 aromatic heterocycles. The van der Waals surface area contributed by atoms with Gasteiger partial charge in [-0.05, 0) is 110 Å². The van der Waals surface area contributed by atoms with E-state index in [1.165, 1.54) is 64.2 Å². The molecule has 9 atom stereocenters. The van der Waals surface area contributed by atoms with Crippen LogP contribution in [0.2, 0.25) is 0 Å². The van der Waals surface area contributed by atoms with E-state index in [4.69, 9.17) is 0 Å². The van der Waals surface area contributed by atoms with E-state index in [1.54, 1.807) is 0 Å². The molecule has 0 heterocycles. The summed E-state index contributed by atoms with van der Waals surface area (Å²) in [5, 5.41) is 10.3. The normalized spacial score (nSPS) is 49.4. The molecule has 0 radical (unpaired) electrons. The maximum Gasteiger partial charge on any atom is 0.0543 e. The molecule has 1 nitrogen and oxygen atoms in total. The van der Waals surface area contributed by atoms with E-state index in [2.05, 4.69) is 34.6 Å². The first kappa shape index (κ1) is 21.2. The molecule has 4 fully saturated rings. The second-order valence-electron chi connectivity index (χ2n) is 12.6. The quantitative estimate of drug-likeness (QED) is 0.518. The van der Waals surface area contributed by atoms with Crippen LogP contribution in [0.5, 0.6) is 0 Å². The summed E-state index contributed by atoms with van der Waals surface area (Å²) < 4.78 is 0. The molecule has 4 aliphatic carbocycles. The molecule has 0 aliphatic heterocycles. The summed E-state index contributed by atoms with van der Waals surface area (Å²) >= 11 is 0. The highest BCUT2D eigenvalue weighted by Crippen LogP contribution is 2.68. The molecule has 162 valence electrons. The van der Waals surface area contributed by atoms with Crippen molar-refractivity contribution in [3.63, 3.8) is 0 Å². The smallest absolute Gasteiger partial charge is 0.0543 e. The van der Waals surface area contributed by atoms with Gasteiger partial charge in [-0.15, -0.1) is 0 Å². The third kappa shape index (κ3) is 3.50. The topological polar surface area (TPSA) is 20.2 Å². The molecule has 28 heavy (non-hydrogen) atoms. The van der Waals surface area contributed by atoms with Crippen LogP contribution in [0.15, 0.2) is 0 Å². The third-order valence-corrected chi connectivity index (χ3v) is 10.8. The first-order chi connectivity index (χ1) is 13.3. The highest BCUT2D eigenvalue weighted by atomic mass is 16.3. The van der Waals surface area contributed by atoms with E-state index >= 15 is 0 Å². The first-order valence-corrected chi connectivity index (χ1v) is 12.9. The van der Waals surface area contributed by atoms with Crippen molar-refractivity contribution in [2.75, 3.05) is 0 Å². The van der Waals surface area contributed by atoms with Crippen molar-refractivity contribution < 1.29 is 5.11 Å². The number of rotatable bonds is 5. The lowest BCUT2D eigenvalue weighted by molar-refractivity contribution is -0.129. The zero-order valence-electron chi connectivity index (χ0n) is 19.6. The largest absolute Gasteiger partial charge is 0.393 e. The molecule has 0 bridgehead atoms. The minimum Gasteiger partial charge on any atom is -0.393 e. The molecule has 0 aromatic carbocycles. The van der Waals surface area contributed by atoms with Crippen LogP contribution in [0.3, 0.4) is 0 Å². The fourth-order valence-electron chi connectivity index (χ4n) is 9.26. The van der Waals surface area contributed by atoms with Gasteiger partial charge in [0.15, 0.2) is 0 Å². The fourth-order valence-corrected chi connectivity index (χ4v) is 9.26. The van der Waals surface area contributed by atoms with E-state index in [9.17, 15) is 5.11 Å². The van der Waals surface area contributed by atoms with E-state index in [1.807, 2.05) is 0 Å². The van der Waals surface area contributed by atoms with Crippen LogP contribution in [0.1, 0.15) is 112 Å². The van der Waals surface area contributed by atoms with E-state index in [0.29, 0.717) is 10.8 Å². The van der Waals surface area contributed by atoms with Gasteiger partial charge in [-0.2, -0.15) is 0 Å². The Balaban J connectivity index is 1.46. The molecule has 1 N–H and O–H groups in total. The predicted octanol–water partition coefficient (Wildman–Crippen LogP) is 7.47. The number of hydrogen-bond acceptors (Lipinski definition) is 1. The van der Waals surface area contributed by atoms with E-state index in [-0.39, 0.29) is 6.10 Å². The monoisotopic (exact) mass is 388 g/mol. The second-order valence-corrected chi connectivity index (χ2v) is 12.6. The maximum atomic E-state index is 10.3. The zero-order chi connectivity index (χ0) is 20.1. The average molecular weight is 389 g/mol. The van der Waals surface area contributed by atoms with Crippen LogP contribution in [0, 0.1) is 52.3 Å². The van der Waals surface area contributed by atoms with Gasteiger partial charge >= 0.3 is 0 Å². The van der Waals surface area contributed by atoms with Crippen molar-refractivity contribution in [2.45, 2.75) is 118 Å². The van der Waals surface area contributed by atoms with Gasteiger partial charge in [-0.1, -0.05) is 53.9 Å². The van der Waals surface area contributed by atoms with E-state index in [0.717, 1.165) is 54.3 Å². The lowest BCUT2D eigenvalue weighted by Crippen LogP contribution is -2.54. The van der Waals surface area contributed by atoms with Gasteiger partial charge < -0.3 is 5.11 Å². The molecule has 0 spiro atoms. The van der Waals surface area contributed by atoms with Gasteiger partial charge in [0.2, 0.25) is 0 Å². The van der Waals surface area contributed by atoms with Crippen molar-refractivity contribution in [2.24, 2.45) is 52.3 Å². The van der Waals surface area contributed by atoms with Crippen molar-refractivity contribution in [3.05, 3.63) is 0 Å². The predicted molar refractivity (Wildman–Crippen MR) is 119 cm³/mol. The van der Waals surface area contributed by atoms with Crippen LogP contribution in [0.25, 0.3) is 0 Å². The minimum absolute atomic E-state index is 0.00830. The Labute approximate surface area is 175 Å². The summed E-state index contributed by atoms with van der Waals surface area (Å²) in [6, 6.07) is 0. The lowest BCUT2D eigenvalue weighted by Gasteiger charge is -2.61. The van der Waals surface area contributed by atoms with Gasteiger partial charge in [-0.25, -0.2) is 0 Å². The number of hydrogen-bond donors (Lipinski definition) is 1. The Kier molecular flexibility index (Phi) is 5.98. The standard InChI is InChI=1S/C27H48O/c1-18(2)7-6-8-19(3)23-11-12-24-22-10-9-20-17-21(28)13-15-26(20,4)25(22)14-16-27(23,24)5/h18-25,28H,6-17H2,1-5H3/t19?,20-,21+,22?,23?,24?,25?,26?,27?/m1/s1. The molecule has 1 heteroatoms. The number of aliphatic hydroxyl groups excluding tert-OH is 1. The Morgan fingerprint density at radius 1 is 0.821 bits per heavy atom. The molecular formula is C27H48O. The minimum atomic E-state index is -0.00830. The van der Waals surface area contributed by atoms with Gasteiger partial charge in [0.1, 0.15) is 0 Å². The molecule has 0 saturated heterocycles. The summed E-state index contributed by atoms with van der Waals surface area (Å²) in [4.78, 5) is 0. The van der Waals surface area contributed by atoms with Crippen LogP contribution in [-0.4, -0.2) is 11.2 Å². The second kappa shape index (κ2) is 7.90. The Morgan fingerprint density at radius 2 is 1.54 bits per heavy atom. The third-order valence-electron chi connectivity index (χ3n) is 10.8. The highest BCUT2D eigenvalue weighted by molar-refractivity contribution is 5.09. The highest BCUT2D eigenvalue weighted by Gasteiger charge is 2.60. The zero-order valence-corrected chi connectivity index (χ0v) is 19.6. The summed E-state index contributed by atoms with van der Waals surface area (Å²) in [5.74, 6) is 6.49. The molecular weight excluding hydrogens is 340 g/mol. The molecule has 4 aliphatic rings. The Bertz CT molecular complexity index is 540. The summed E-state index contributed by atoms with van der Waals surface area (Å²) in [6.07, 6.45) is 16.6. The van der Waals surface area contributed by atoms with Crippen molar-refractivity contribution in [1.82, 2.24) is 0 Å². The van der Waals surface area contributed by atoms with Crippen molar-refractivity contribution in [3.8, 4) is 0 Å². The number of fused-ring (bicyclic) bond motifs is 5. The Morgan fingerprint density at radius 3 is 2.29 bits per heavy atom. The first-order valence-electron chi connectivity index (χ1n) is 12.9. The number of aliphatic hydroxyl groups is 1. The fraction of sp³-hybridized carbons (Fsp3) is 1.00. The van der Waals surface area contributed by atoms with Gasteiger partial charge in [-0.3, -0.25) is 0 Å². The van der Waals surface area contributed by atoms with Crippen LogP contribution in [-0.2, 0) is 0 Å². The van der Waals surface area contributed by atoms with Crippen molar-refractivity contribution >= 4 is 0 Å². The molecule has 0 amide bonds. The van der Waals surface area contributed by atoms with Gasteiger partial charge in [0, 0.05) is 0 Å². The van der Waals surface area contributed by atoms with Gasteiger partial charge in [0.25, 0.3) is 0 Å². The van der Waals surface area contributed by atoms with Crippen LogP contribution < -0.4 is 0 Å². The Hall–Kier alpha value is -0.0400. The van der Waals surface area contributed by atoms with Crippen LogP contribution >= 0.6 is 0 Å². The maximum absolute atomic E-state index is 10.3. The SMILES string of the molecule is CC(C)CCCC(C)C1CCC2C3CC[C@@H]4C[C@@H](O)CCC4(C)C3CCC12C. The van der Waals surface area contributed by atoms with Gasteiger partial charge in [0.05, 0.1) is 6.10 Å². The lowest BCUT2D eigenvalue weighted by atomic mass is 9.44. The molecule has 7 unspecified atom stereocenters. The molecule has 4 saturated carbocycles. The average Bonchev–Trinajstić information content (AvgIpc) is 2.99. The van der Waals surface area contributed by atoms with E-state index < -0.39 is 0 Å². The summed E-state index contributed by atoms with van der Waals surface area (Å²) in [6.45, 7) is 12.7.